The van der Waals surface area contributed by atoms with Crippen molar-refractivity contribution in [1.29, 1.82) is 0 Å². The van der Waals surface area contributed by atoms with Crippen molar-refractivity contribution in [2.45, 2.75) is 59.0 Å². The smallest absolute Gasteiger partial charge is 0.317 e. The summed E-state index contributed by atoms with van der Waals surface area (Å²) in [6, 6.07) is -0.243. The van der Waals surface area contributed by atoms with E-state index in [1.807, 2.05) is 13.8 Å². The fraction of sp³-hybridized carbons (Fsp3) is 0.857. The van der Waals surface area contributed by atoms with Gasteiger partial charge in [0.15, 0.2) is 0 Å². The molecule has 2 amide bonds. The highest BCUT2D eigenvalue weighted by Gasteiger charge is 2.34. The molecule has 0 radical (unpaired) electrons. The second-order valence-corrected chi connectivity index (χ2v) is 6.13. The Hall–Kier alpha value is -1.26. The van der Waals surface area contributed by atoms with Crippen molar-refractivity contribution in [2.24, 2.45) is 11.8 Å². The standard InChI is InChI=1S/C14H26N2O3/c1-9(2)8-16(10(3)4)14(19)15-12(7-13(17)18)11-5-6-11/h9-12H,5-8H2,1-4H3,(H,15,19)(H,17,18). The molecule has 1 unspecified atom stereocenters. The molecule has 5 heteroatoms. The van der Waals surface area contributed by atoms with E-state index in [0.29, 0.717) is 18.4 Å². The van der Waals surface area contributed by atoms with E-state index in [4.69, 9.17) is 5.11 Å². The molecule has 0 aromatic rings. The Morgan fingerprint density at radius 3 is 2.21 bits per heavy atom. The number of nitrogens with zero attached hydrogens (tertiary/aromatic N) is 1. The van der Waals surface area contributed by atoms with Crippen LogP contribution in [-0.2, 0) is 4.79 Å². The minimum atomic E-state index is -0.850. The fourth-order valence-electron chi connectivity index (χ4n) is 2.19. The number of carbonyl (C=O) groups excluding carboxylic acids is 1. The van der Waals surface area contributed by atoms with Gasteiger partial charge in [-0.25, -0.2) is 4.79 Å². The maximum atomic E-state index is 12.3. The molecule has 1 rings (SSSR count). The number of hydrogen-bond acceptors (Lipinski definition) is 2. The first-order chi connectivity index (χ1) is 8.81. The molecule has 19 heavy (non-hydrogen) atoms. The third-order valence-corrected chi connectivity index (χ3v) is 3.34. The van der Waals surface area contributed by atoms with Crippen LogP contribution in [0.2, 0.25) is 0 Å². The molecule has 0 aromatic heterocycles. The highest BCUT2D eigenvalue weighted by atomic mass is 16.4. The zero-order valence-corrected chi connectivity index (χ0v) is 12.3. The fourth-order valence-corrected chi connectivity index (χ4v) is 2.19. The lowest BCUT2D eigenvalue weighted by Gasteiger charge is -2.30. The molecule has 0 bridgehead atoms. The lowest BCUT2D eigenvalue weighted by molar-refractivity contribution is -0.137. The maximum Gasteiger partial charge on any atom is 0.317 e. The Balaban J connectivity index is 2.59. The quantitative estimate of drug-likeness (QED) is 0.746. The number of carboxylic acid groups (broad SMARTS) is 1. The normalized spacial score (nSPS) is 16.5. The molecule has 1 atom stereocenters. The third-order valence-electron chi connectivity index (χ3n) is 3.34. The number of rotatable bonds is 7. The van der Waals surface area contributed by atoms with E-state index in [1.54, 1.807) is 4.90 Å². The van der Waals surface area contributed by atoms with Crippen LogP contribution in [0.4, 0.5) is 4.79 Å². The molecule has 0 aromatic carbocycles. The summed E-state index contributed by atoms with van der Waals surface area (Å²) < 4.78 is 0. The van der Waals surface area contributed by atoms with Crippen molar-refractivity contribution >= 4 is 12.0 Å². The van der Waals surface area contributed by atoms with E-state index in [-0.39, 0.29) is 24.5 Å². The summed E-state index contributed by atoms with van der Waals surface area (Å²) >= 11 is 0. The molecule has 5 nitrogen and oxygen atoms in total. The average molecular weight is 270 g/mol. The Bertz CT molecular complexity index is 325. The van der Waals surface area contributed by atoms with Gasteiger partial charge in [-0.3, -0.25) is 4.79 Å². The third kappa shape index (κ3) is 5.49. The molecule has 1 aliphatic rings. The van der Waals surface area contributed by atoms with Crippen molar-refractivity contribution in [2.75, 3.05) is 6.54 Å². The Morgan fingerprint density at radius 1 is 1.26 bits per heavy atom. The summed E-state index contributed by atoms with van der Waals surface area (Å²) in [5.41, 5.74) is 0. The summed E-state index contributed by atoms with van der Waals surface area (Å²) in [5.74, 6) is -0.114. The van der Waals surface area contributed by atoms with Gasteiger partial charge in [-0.2, -0.15) is 0 Å². The maximum absolute atomic E-state index is 12.3. The van der Waals surface area contributed by atoms with Crippen LogP contribution in [-0.4, -0.2) is 40.6 Å². The molecule has 0 aliphatic heterocycles. The van der Waals surface area contributed by atoms with Crippen molar-refractivity contribution in [3.05, 3.63) is 0 Å². The van der Waals surface area contributed by atoms with Crippen molar-refractivity contribution in [3.8, 4) is 0 Å². The zero-order valence-electron chi connectivity index (χ0n) is 12.3. The van der Waals surface area contributed by atoms with Crippen LogP contribution in [0.15, 0.2) is 0 Å². The highest BCUT2D eigenvalue weighted by molar-refractivity contribution is 5.76. The van der Waals surface area contributed by atoms with Gasteiger partial charge in [-0.15, -0.1) is 0 Å². The van der Waals surface area contributed by atoms with Gasteiger partial charge in [0.2, 0.25) is 0 Å². The van der Waals surface area contributed by atoms with Crippen LogP contribution < -0.4 is 5.32 Å². The van der Waals surface area contributed by atoms with Gasteiger partial charge in [0.1, 0.15) is 0 Å². The molecule has 0 spiro atoms. The van der Waals surface area contributed by atoms with Crippen molar-refractivity contribution in [1.82, 2.24) is 10.2 Å². The van der Waals surface area contributed by atoms with Crippen LogP contribution in [0.3, 0.4) is 0 Å². The van der Waals surface area contributed by atoms with Gasteiger partial charge < -0.3 is 15.3 Å². The summed E-state index contributed by atoms with van der Waals surface area (Å²) in [5, 5.41) is 11.8. The first-order valence-electron chi connectivity index (χ1n) is 7.10. The monoisotopic (exact) mass is 270 g/mol. The predicted octanol–water partition coefficient (Wildman–Crippen LogP) is 2.32. The van der Waals surface area contributed by atoms with Crippen LogP contribution >= 0.6 is 0 Å². The molecule has 1 aliphatic carbocycles. The SMILES string of the molecule is CC(C)CN(C(=O)NC(CC(=O)O)C1CC1)C(C)C. The van der Waals surface area contributed by atoms with Crippen LogP contribution in [0.25, 0.3) is 0 Å². The predicted molar refractivity (Wildman–Crippen MR) is 74.0 cm³/mol. The molecule has 1 saturated carbocycles. The lowest BCUT2D eigenvalue weighted by Crippen LogP contribution is -2.50. The van der Waals surface area contributed by atoms with Crippen LogP contribution in [0.5, 0.6) is 0 Å². The van der Waals surface area contributed by atoms with Gasteiger partial charge in [0.05, 0.1) is 6.42 Å². The largest absolute Gasteiger partial charge is 0.481 e. The van der Waals surface area contributed by atoms with Gasteiger partial charge in [-0.1, -0.05) is 13.8 Å². The topological polar surface area (TPSA) is 69.6 Å². The first kappa shape index (κ1) is 15.8. The van der Waals surface area contributed by atoms with E-state index in [9.17, 15) is 9.59 Å². The molecular weight excluding hydrogens is 244 g/mol. The van der Waals surface area contributed by atoms with E-state index < -0.39 is 5.97 Å². The molecule has 0 saturated heterocycles. The molecule has 1 fully saturated rings. The molecule has 2 N–H and O–H groups in total. The Morgan fingerprint density at radius 2 is 1.84 bits per heavy atom. The van der Waals surface area contributed by atoms with Crippen LogP contribution in [0.1, 0.15) is 47.0 Å². The number of carbonyl (C=O) groups is 2. The number of carboxylic acids is 1. The van der Waals surface area contributed by atoms with E-state index >= 15 is 0 Å². The van der Waals surface area contributed by atoms with Crippen molar-refractivity contribution < 1.29 is 14.7 Å². The number of nitrogens with one attached hydrogen (secondary N) is 1. The number of aliphatic carboxylic acids is 1. The van der Waals surface area contributed by atoms with Gasteiger partial charge in [-0.05, 0) is 38.5 Å². The zero-order chi connectivity index (χ0) is 14.6. The van der Waals surface area contributed by atoms with Crippen molar-refractivity contribution in [3.63, 3.8) is 0 Å². The summed E-state index contributed by atoms with van der Waals surface area (Å²) in [4.78, 5) is 24.9. The van der Waals surface area contributed by atoms with Crippen LogP contribution in [0, 0.1) is 11.8 Å². The van der Waals surface area contributed by atoms with Gasteiger partial charge >= 0.3 is 12.0 Å². The Labute approximate surface area is 115 Å². The first-order valence-corrected chi connectivity index (χ1v) is 7.10. The molecule has 0 heterocycles. The highest BCUT2D eigenvalue weighted by Crippen LogP contribution is 2.34. The minimum absolute atomic E-state index is 0.0179. The summed E-state index contributed by atoms with van der Waals surface area (Å²) in [7, 11) is 0. The van der Waals surface area contributed by atoms with Gasteiger partial charge in [0.25, 0.3) is 0 Å². The second-order valence-electron chi connectivity index (χ2n) is 6.13. The van der Waals surface area contributed by atoms with E-state index in [2.05, 4.69) is 19.2 Å². The summed E-state index contributed by atoms with van der Waals surface area (Å²) in [6.07, 6.45) is 2.05. The Kier molecular flexibility index (Phi) is 5.63. The average Bonchev–Trinajstić information content (AvgIpc) is 3.07. The van der Waals surface area contributed by atoms with Gasteiger partial charge in [0, 0.05) is 18.6 Å². The lowest BCUT2D eigenvalue weighted by atomic mass is 10.1. The van der Waals surface area contributed by atoms with E-state index in [0.717, 1.165) is 12.8 Å². The number of urea groups is 1. The summed E-state index contributed by atoms with van der Waals surface area (Å²) in [6.45, 7) is 8.78. The van der Waals surface area contributed by atoms with E-state index in [1.165, 1.54) is 0 Å². The minimum Gasteiger partial charge on any atom is -0.481 e. The molecule has 110 valence electrons. The number of hydrogen-bond donors (Lipinski definition) is 2. The molecular formula is C14H26N2O3. The second kappa shape index (κ2) is 6.78. The number of amides is 2.